The van der Waals surface area contributed by atoms with Crippen LogP contribution in [0, 0.1) is 0 Å². The van der Waals surface area contributed by atoms with Crippen LogP contribution in [0.3, 0.4) is 0 Å². The van der Waals surface area contributed by atoms with Gasteiger partial charge in [-0.1, -0.05) is 18.2 Å². The molecule has 0 radical (unpaired) electrons. The third-order valence-electron chi connectivity index (χ3n) is 4.57. The highest BCUT2D eigenvalue weighted by atomic mass is 16.3. The van der Waals surface area contributed by atoms with Crippen LogP contribution in [-0.2, 0) is 19.6 Å². The number of pyridine rings is 2. The second-order valence-electron chi connectivity index (χ2n) is 6.35. The molecule has 0 saturated carbocycles. The van der Waals surface area contributed by atoms with Crippen LogP contribution in [-0.4, -0.2) is 24.2 Å². The zero-order valence-corrected chi connectivity index (χ0v) is 15.0. The largest absolute Gasteiger partial charge is 0.392 e. The number of aromatic nitrogens is 4. The van der Waals surface area contributed by atoms with Crippen molar-refractivity contribution >= 4 is 11.0 Å². The minimum Gasteiger partial charge on any atom is -0.392 e. The molecule has 3 aromatic heterocycles. The Hall–Kier alpha value is -3.58. The van der Waals surface area contributed by atoms with E-state index in [0.29, 0.717) is 28.7 Å². The maximum Gasteiger partial charge on any atom is 0.337 e. The summed E-state index contributed by atoms with van der Waals surface area (Å²) in [4.78, 5) is 34.7. The molecule has 3 heterocycles. The summed E-state index contributed by atoms with van der Waals surface area (Å²) >= 11 is 0. The van der Waals surface area contributed by atoms with Crippen molar-refractivity contribution in [3.8, 4) is 5.69 Å². The van der Waals surface area contributed by atoms with Gasteiger partial charge in [-0.25, -0.2) is 14.3 Å². The van der Waals surface area contributed by atoms with E-state index in [4.69, 9.17) is 0 Å². The molecule has 0 bridgehead atoms. The Morgan fingerprint density at radius 3 is 2.57 bits per heavy atom. The van der Waals surface area contributed by atoms with Gasteiger partial charge in [-0.15, -0.1) is 0 Å². The Morgan fingerprint density at radius 2 is 1.79 bits per heavy atom. The molecule has 0 fully saturated rings. The number of aliphatic hydroxyl groups is 1. The molecule has 0 atom stereocenters. The third kappa shape index (κ3) is 3.23. The van der Waals surface area contributed by atoms with Gasteiger partial charge < -0.3 is 5.11 Å². The number of hydrogen-bond donors (Lipinski definition) is 1. The van der Waals surface area contributed by atoms with Crippen LogP contribution < -0.4 is 11.2 Å². The van der Waals surface area contributed by atoms with Gasteiger partial charge in [0.15, 0.2) is 5.65 Å². The fraction of sp³-hybridized carbons (Fsp3) is 0.143. The molecule has 4 aromatic rings. The number of fused-ring (bicyclic) bond motifs is 1. The van der Waals surface area contributed by atoms with E-state index in [1.165, 1.54) is 9.13 Å². The molecule has 0 spiro atoms. The summed E-state index contributed by atoms with van der Waals surface area (Å²) in [5.41, 5.74) is 1.46. The molecule has 0 aliphatic rings. The quantitative estimate of drug-likeness (QED) is 0.574. The summed E-state index contributed by atoms with van der Waals surface area (Å²) in [6.07, 6.45) is 3.69. The Kier molecular flexibility index (Phi) is 4.82. The van der Waals surface area contributed by atoms with Crippen LogP contribution >= 0.6 is 0 Å². The van der Waals surface area contributed by atoms with E-state index in [9.17, 15) is 14.7 Å². The van der Waals surface area contributed by atoms with E-state index < -0.39 is 5.69 Å². The van der Waals surface area contributed by atoms with Crippen molar-refractivity contribution in [2.75, 3.05) is 0 Å². The number of aliphatic hydroxyl groups excluding tert-OH is 1. The molecule has 140 valence electrons. The second-order valence-corrected chi connectivity index (χ2v) is 6.35. The number of rotatable bonds is 5. The molecule has 1 aromatic carbocycles. The normalized spacial score (nSPS) is 11.0. The van der Waals surface area contributed by atoms with Crippen LogP contribution in [0.5, 0.6) is 0 Å². The lowest BCUT2D eigenvalue weighted by atomic mass is 10.2. The van der Waals surface area contributed by atoms with Gasteiger partial charge in [-0.2, -0.15) is 0 Å². The number of nitrogens with zero attached hydrogens (tertiary/aromatic N) is 4. The highest BCUT2D eigenvalue weighted by Gasteiger charge is 2.15. The van der Waals surface area contributed by atoms with Gasteiger partial charge in [0.25, 0.3) is 5.56 Å². The van der Waals surface area contributed by atoms with Gasteiger partial charge in [0, 0.05) is 31.1 Å². The third-order valence-corrected chi connectivity index (χ3v) is 4.57. The Bertz CT molecular complexity index is 1250. The first-order chi connectivity index (χ1) is 13.7. The predicted octanol–water partition coefficient (Wildman–Crippen LogP) is 1.68. The molecular formula is C21H18N4O3. The second kappa shape index (κ2) is 7.58. The fourth-order valence-electron chi connectivity index (χ4n) is 3.18. The summed E-state index contributed by atoms with van der Waals surface area (Å²) in [6, 6.07) is 15.9. The van der Waals surface area contributed by atoms with Crippen LogP contribution in [0.25, 0.3) is 16.7 Å². The predicted molar refractivity (Wildman–Crippen MR) is 105 cm³/mol. The standard InChI is InChI=1S/C21H18N4O3/c26-14-15-5-3-7-17(13-15)25-19-18(8-4-11-23-19)20(27)24(21(25)28)12-9-16-6-1-2-10-22-16/h1-8,10-11,13,26H,9,12,14H2. The minimum atomic E-state index is -0.470. The van der Waals surface area contributed by atoms with Crippen molar-refractivity contribution in [2.45, 2.75) is 19.6 Å². The zero-order valence-electron chi connectivity index (χ0n) is 15.0. The van der Waals surface area contributed by atoms with Crippen LogP contribution in [0.15, 0.2) is 76.6 Å². The van der Waals surface area contributed by atoms with E-state index in [1.807, 2.05) is 18.2 Å². The Morgan fingerprint density at radius 1 is 0.929 bits per heavy atom. The summed E-state index contributed by atoms with van der Waals surface area (Å²) in [6.45, 7) is 0.0620. The van der Waals surface area contributed by atoms with Crippen molar-refractivity contribution in [3.05, 3.63) is 99.1 Å². The summed E-state index contributed by atoms with van der Waals surface area (Å²) in [7, 11) is 0. The average Bonchev–Trinajstić information content (AvgIpc) is 2.75. The van der Waals surface area contributed by atoms with Gasteiger partial charge in [-0.05, 0) is 42.0 Å². The molecule has 7 nitrogen and oxygen atoms in total. The summed E-state index contributed by atoms with van der Waals surface area (Å²) < 4.78 is 2.62. The SMILES string of the molecule is O=c1c2cccnc2n(-c2cccc(CO)c2)c(=O)n1CCc1ccccn1. The first kappa shape index (κ1) is 17.8. The van der Waals surface area contributed by atoms with Crippen molar-refractivity contribution in [2.24, 2.45) is 0 Å². The van der Waals surface area contributed by atoms with Gasteiger partial charge in [-0.3, -0.25) is 14.3 Å². The topological polar surface area (TPSA) is 90.0 Å². The van der Waals surface area contributed by atoms with Crippen LogP contribution in [0.4, 0.5) is 0 Å². The van der Waals surface area contributed by atoms with Gasteiger partial charge in [0.05, 0.1) is 17.7 Å². The lowest BCUT2D eigenvalue weighted by Gasteiger charge is -2.14. The monoisotopic (exact) mass is 374 g/mol. The zero-order chi connectivity index (χ0) is 19.5. The molecule has 28 heavy (non-hydrogen) atoms. The molecule has 7 heteroatoms. The van der Waals surface area contributed by atoms with E-state index in [2.05, 4.69) is 9.97 Å². The maximum absolute atomic E-state index is 13.2. The van der Waals surface area contributed by atoms with Crippen molar-refractivity contribution in [3.63, 3.8) is 0 Å². The smallest absolute Gasteiger partial charge is 0.337 e. The van der Waals surface area contributed by atoms with E-state index >= 15 is 0 Å². The molecular weight excluding hydrogens is 356 g/mol. The molecule has 0 aliphatic carbocycles. The van der Waals surface area contributed by atoms with Crippen LogP contribution in [0.2, 0.25) is 0 Å². The van der Waals surface area contributed by atoms with Crippen molar-refractivity contribution < 1.29 is 5.11 Å². The Labute approximate surface area is 160 Å². The van der Waals surface area contributed by atoms with Crippen molar-refractivity contribution in [1.82, 2.24) is 19.1 Å². The summed E-state index contributed by atoms with van der Waals surface area (Å²) in [5, 5.41) is 9.79. The van der Waals surface area contributed by atoms with Crippen molar-refractivity contribution in [1.29, 1.82) is 0 Å². The highest BCUT2D eigenvalue weighted by molar-refractivity contribution is 5.75. The fourth-order valence-corrected chi connectivity index (χ4v) is 3.18. The molecule has 4 rings (SSSR count). The average molecular weight is 374 g/mol. The van der Waals surface area contributed by atoms with Gasteiger partial charge in [0.2, 0.25) is 0 Å². The maximum atomic E-state index is 13.2. The molecule has 0 aliphatic heterocycles. The van der Waals surface area contributed by atoms with Gasteiger partial charge in [0.1, 0.15) is 0 Å². The minimum absolute atomic E-state index is 0.146. The lowest BCUT2D eigenvalue weighted by Crippen LogP contribution is -2.40. The number of hydrogen-bond acceptors (Lipinski definition) is 5. The first-order valence-corrected chi connectivity index (χ1v) is 8.89. The van der Waals surface area contributed by atoms with E-state index in [-0.39, 0.29) is 18.7 Å². The van der Waals surface area contributed by atoms with E-state index in [0.717, 1.165) is 5.69 Å². The number of benzene rings is 1. The Balaban J connectivity index is 1.91. The van der Waals surface area contributed by atoms with Crippen LogP contribution in [0.1, 0.15) is 11.3 Å². The van der Waals surface area contributed by atoms with Gasteiger partial charge >= 0.3 is 5.69 Å². The lowest BCUT2D eigenvalue weighted by molar-refractivity contribution is 0.282. The van der Waals surface area contributed by atoms with E-state index in [1.54, 1.807) is 48.8 Å². The number of aryl methyl sites for hydroxylation is 1. The molecule has 0 saturated heterocycles. The highest BCUT2D eigenvalue weighted by Crippen LogP contribution is 2.14. The molecule has 0 unspecified atom stereocenters. The first-order valence-electron chi connectivity index (χ1n) is 8.89. The molecule has 1 N–H and O–H groups in total. The summed E-state index contributed by atoms with van der Waals surface area (Å²) in [5.74, 6) is 0. The molecule has 0 amide bonds.